The van der Waals surface area contributed by atoms with E-state index in [9.17, 15) is 14.4 Å². The number of aromatic nitrogens is 1. The monoisotopic (exact) mass is 397 g/mol. The first-order valence-electron chi connectivity index (χ1n) is 10.1. The van der Waals surface area contributed by atoms with Crippen LogP contribution in [0.4, 0.5) is 0 Å². The molecule has 1 saturated carbocycles. The van der Waals surface area contributed by atoms with Gasteiger partial charge in [0.1, 0.15) is 11.6 Å². The molecule has 0 radical (unpaired) electrons. The number of benzene rings is 1. The Balaban J connectivity index is 1.34. The number of amides is 3. The van der Waals surface area contributed by atoms with Crippen LogP contribution in [0, 0.1) is 11.8 Å². The zero-order valence-corrected chi connectivity index (χ0v) is 16.5. The van der Waals surface area contributed by atoms with Gasteiger partial charge < -0.3 is 4.90 Å². The van der Waals surface area contributed by atoms with Crippen LogP contribution >= 0.6 is 11.3 Å². The Morgan fingerprint density at radius 1 is 1.04 bits per heavy atom. The van der Waals surface area contributed by atoms with Crippen LogP contribution in [-0.4, -0.2) is 45.6 Å². The van der Waals surface area contributed by atoms with E-state index in [1.165, 1.54) is 4.90 Å². The molecule has 2 aromatic rings. The van der Waals surface area contributed by atoms with Crippen LogP contribution in [-0.2, 0) is 14.4 Å². The van der Waals surface area contributed by atoms with Crippen LogP contribution in [0.5, 0.6) is 0 Å². The summed E-state index contributed by atoms with van der Waals surface area (Å²) in [6.45, 7) is 0.536. The fourth-order valence-electron chi connectivity index (χ4n) is 4.97. The average Bonchev–Trinajstić information content (AvgIpc) is 3.41. The fourth-order valence-corrected chi connectivity index (χ4v) is 6.08. The van der Waals surface area contributed by atoms with E-state index in [0.29, 0.717) is 6.54 Å². The number of imide groups is 1. The highest BCUT2D eigenvalue weighted by atomic mass is 32.1. The molecule has 3 atom stereocenters. The molecule has 1 aromatic heterocycles. The molecule has 3 fully saturated rings. The van der Waals surface area contributed by atoms with Crippen molar-refractivity contribution in [3.63, 3.8) is 0 Å². The van der Waals surface area contributed by atoms with Gasteiger partial charge >= 0.3 is 0 Å². The van der Waals surface area contributed by atoms with E-state index in [2.05, 4.69) is 0 Å². The van der Waals surface area contributed by atoms with Gasteiger partial charge in [-0.2, -0.15) is 0 Å². The highest BCUT2D eigenvalue weighted by Gasteiger charge is 2.49. The van der Waals surface area contributed by atoms with E-state index in [1.807, 2.05) is 29.2 Å². The summed E-state index contributed by atoms with van der Waals surface area (Å²) in [6, 6.07) is 7.93. The molecule has 0 spiro atoms. The molecule has 1 aliphatic carbocycles. The molecule has 0 bridgehead atoms. The molecular formula is C21H23N3O3S. The van der Waals surface area contributed by atoms with Crippen LogP contribution in [0.15, 0.2) is 24.3 Å². The Hall–Kier alpha value is -2.28. The van der Waals surface area contributed by atoms with Crippen molar-refractivity contribution in [3.05, 3.63) is 29.3 Å². The van der Waals surface area contributed by atoms with Gasteiger partial charge in [-0.15, -0.1) is 11.3 Å². The average molecular weight is 398 g/mol. The van der Waals surface area contributed by atoms with Crippen molar-refractivity contribution < 1.29 is 14.4 Å². The standard InChI is InChI=1S/C21H23N3O3S/c25-18(12-24-20(26)13-6-1-2-7-14(13)21(24)27)23-11-5-9-16(23)19-22-15-8-3-4-10-17(15)28-19/h3-4,8,10,13-14,16H,1-2,5-7,9,11-12H2. The van der Waals surface area contributed by atoms with Gasteiger partial charge in [0, 0.05) is 6.54 Å². The summed E-state index contributed by atoms with van der Waals surface area (Å²) in [5, 5.41) is 0.944. The smallest absolute Gasteiger partial charge is 0.243 e. The predicted molar refractivity (Wildman–Crippen MR) is 105 cm³/mol. The van der Waals surface area contributed by atoms with E-state index >= 15 is 0 Å². The lowest BCUT2D eigenvalue weighted by Gasteiger charge is -2.25. The third-order valence-electron chi connectivity index (χ3n) is 6.39. The first-order valence-corrected chi connectivity index (χ1v) is 11.0. The highest BCUT2D eigenvalue weighted by Crippen LogP contribution is 2.39. The van der Waals surface area contributed by atoms with E-state index in [0.717, 1.165) is 53.7 Å². The number of fused-ring (bicyclic) bond motifs is 2. The van der Waals surface area contributed by atoms with Crippen molar-refractivity contribution in [1.29, 1.82) is 0 Å². The van der Waals surface area contributed by atoms with Gasteiger partial charge in [-0.1, -0.05) is 25.0 Å². The lowest BCUT2D eigenvalue weighted by atomic mass is 9.81. The van der Waals surface area contributed by atoms with Crippen LogP contribution in [0.3, 0.4) is 0 Å². The number of carbonyl (C=O) groups excluding carboxylic acids is 3. The maximum absolute atomic E-state index is 13.1. The zero-order chi connectivity index (χ0) is 19.3. The summed E-state index contributed by atoms with van der Waals surface area (Å²) in [4.78, 5) is 46.2. The Morgan fingerprint density at radius 3 is 2.46 bits per heavy atom. The minimum Gasteiger partial charge on any atom is -0.332 e. The van der Waals surface area contributed by atoms with Gasteiger partial charge in [0.15, 0.2) is 0 Å². The maximum atomic E-state index is 13.1. The van der Waals surface area contributed by atoms with Crippen molar-refractivity contribution in [3.8, 4) is 0 Å². The van der Waals surface area contributed by atoms with Crippen LogP contribution in [0.25, 0.3) is 10.2 Å². The van der Waals surface area contributed by atoms with E-state index in [4.69, 9.17) is 4.98 Å². The molecule has 5 rings (SSSR count). The third kappa shape index (κ3) is 2.83. The Bertz CT molecular complexity index is 898. The van der Waals surface area contributed by atoms with Crippen molar-refractivity contribution in [2.24, 2.45) is 11.8 Å². The zero-order valence-electron chi connectivity index (χ0n) is 15.7. The van der Waals surface area contributed by atoms with Crippen molar-refractivity contribution in [1.82, 2.24) is 14.8 Å². The molecule has 2 saturated heterocycles. The van der Waals surface area contributed by atoms with Crippen molar-refractivity contribution in [2.75, 3.05) is 13.1 Å². The Morgan fingerprint density at radius 2 is 1.75 bits per heavy atom. The van der Waals surface area contributed by atoms with E-state index in [-0.39, 0.29) is 42.1 Å². The first kappa shape index (κ1) is 17.8. The maximum Gasteiger partial charge on any atom is 0.243 e. The predicted octanol–water partition coefficient (Wildman–Crippen LogP) is 3.14. The van der Waals surface area contributed by atoms with Gasteiger partial charge in [0.2, 0.25) is 17.7 Å². The van der Waals surface area contributed by atoms with Crippen LogP contribution in [0.1, 0.15) is 49.6 Å². The molecule has 28 heavy (non-hydrogen) atoms. The number of thiazole rings is 1. The molecule has 0 N–H and O–H groups in total. The largest absolute Gasteiger partial charge is 0.332 e. The summed E-state index contributed by atoms with van der Waals surface area (Å²) >= 11 is 1.62. The number of carbonyl (C=O) groups is 3. The summed E-state index contributed by atoms with van der Waals surface area (Å²) in [5.41, 5.74) is 0.954. The summed E-state index contributed by atoms with van der Waals surface area (Å²) < 4.78 is 1.12. The van der Waals surface area contributed by atoms with Gasteiger partial charge in [0.05, 0.1) is 28.1 Å². The first-order chi connectivity index (χ1) is 13.6. The molecule has 1 aromatic carbocycles. The van der Waals surface area contributed by atoms with Crippen molar-refractivity contribution >= 4 is 39.3 Å². The Kier molecular flexibility index (Phi) is 4.42. The summed E-state index contributed by atoms with van der Waals surface area (Å²) in [6.07, 6.45) is 5.33. The number of hydrogen-bond acceptors (Lipinski definition) is 5. The molecule has 7 heteroatoms. The minimum atomic E-state index is -0.201. The summed E-state index contributed by atoms with van der Waals surface area (Å²) in [7, 11) is 0. The number of nitrogens with zero attached hydrogens (tertiary/aromatic N) is 3. The molecular weight excluding hydrogens is 374 g/mol. The number of hydrogen-bond donors (Lipinski definition) is 0. The topological polar surface area (TPSA) is 70.6 Å². The van der Waals surface area contributed by atoms with Crippen LogP contribution < -0.4 is 0 Å². The molecule has 3 amide bonds. The number of likely N-dealkylation sites (tertiary alicyclic amines) is 2. The molecule has 2 aliphatic heterocycles. The molecule has 3 heterocycles. The number of rotatable bonds is 3. The lowest BCUT2D eigenvalue weighted by Crippen LogP contribution is -2.43. The highest BCUT2D eigenvalue weighted by molar-refractivity contribution is 7.18. The van der Waals surface area contributed by atoms with Crippen LogP contribution in [0.2, 0.25) is 0 Å². The normalized spacial score (nSPS) is 27.6. The number of para-hydroxylation sites is 1. The fraction of sp³-hybridized carbons (Fsp3) is 0.524. The molecule has 3 unspecified atom stereocenters. The van der Waals surface area contributed by atoms with Crippen molar-refractivity contribution in [2.45, 2.75) is 44.6 Å². The third-order valence-corrected chi connectivity index (χ3v) is 7.53. The van der Waals surface area contributed by atoms with Gasteiger partial charge in [-0.3, -0.25) is 19.3 Å². The van der Waals surface area contributed by atoms with E-state index in [1.54, 1.807) is 11.3 Å². The van der Waals surface area contributed by atoms with Gasteiger partial charge in [0.25, 0.3) is 0 Å². The summed E-state index contributed by atoms with van der Waals surface area (Å²) in [5.74, 6) is -0.819. The lowest BCUT2D eigenvalue weighted by molar-refractivity contribution is -0.147. The molecule has 146 valence electrons. The molecule has 6 nitrogen and oxygen atoms in total. The van der Waals surface area contributed by atoms with Gasteiger partial charge in [-0.05, 0) is 37.8 Å². The second kappa shape index (κ2) is 6.95. The second-order valence-electron chi connectivity index (χ2n) is 8.03. The van der Waals surface area contributed by atoms with Gasteiger partial charge in [-0.25, -0.2) is 4.98 Å². The SMILES string of the molecule is O=C1C2CCCCC2C(=O)N1CC(=O)N1CCCC1c1nc2ccccc2s1. The molecule has 3 aliphatic rings. The second-order valence-corrected chi connectivity index (χ2v) is 9.09. The Labute approximate surface area is 167 Å². The quantitative estimate of drug-likeness (QED) is 0.746. The van der Waals surface area contributed by atoms with E-state index < -0.39 is 0 Å². The minimum absolute atomic E-state index is 0.0556.